The lowest BCUT2D eigenvalue weighted by Crippen LogP contribution is -2.03. The second-order valence-corrected chi connectivity index (χ2v) is 5.90. The van der Waals surface area contributed by atoms with Gasteiger partial charge in [-0.3, -0.25) is 9.78 Å². The summed E-state index contributed by atoms with van der Waals surface area (Å²) in [5.41, 5.74) is 4.40. The van der Waals surface area contributed by atoms with Crippen molar-refractivity contribution in [2.24, 2.45) is 0 Å². The molecule has 0 aliphatic rings. The normalized spacial score (nSPS) is 11.0. The monoisotopic (exact) mass is 297 g/mol. The molecule has 3 rings (SSSR count). The number of nitrogens with one attached hydrogen (secondary N) is 1. The van der Waals surface area contributed by atoms with Gasteiger partial charge in [0.1, 0.15) is 5.03 Å². The van der Waals surface area contributed by atoms with Crippen LogP contribution in [0.5, 0.6) is 0 Å². The molecule has 106 valence electrons. The van der Waals surface area contributed by atoms with Crippen molar-refractivity contribution in [1.29, 1.82) is 0 Å². The number of para-hydroxylation sites is 2. The van der Waals surface area contributed by atoms with Crippen LogP contribution >= 0.6 is 11.8 Å². The van der Waals surface area contributed by atoms with Crippen LogP contribution in [0.25, 0.3) is 11.0 Å². The third kappa shape index (κ3) is 2.97. The molecule has 21 heavy (non-hydrogen) atoms. The molecule has 0 unspecified atom stereocenters. The fraction of sp³-hybridized carbons (Fsp3) is 0.188. The standard InChI is InChI=1S/C16H15N3OS/c1-10-7-12(11(2)18-10)15(20)9-21-16-8-17-13-5-3-4-6-14(13)19-16/h3-8,18H,9H2,1-2H3. The molecule has 0 atom stereocenters. The Kier molecular flexibility index (Phi) is 3.75. The van der Waals surface area contributed by atoms with E-state index in [2.05, 4.69) is 15.0 Å². The van der Waals surface area contributed by atoms with Gasteiger partial charge in [0, 0.05) is 17.0 Å². The maximum absolute atomic E-state index is 12.2. The molecule has 0 saturated heterocycles. The lowest BCUT2D eigenvalue weighted by Gasteiger charge is -2.02. The average molecular weight is 297 g/mol. The summed E-state index contributed by atoms with van der Waals surface area (Å²) in [6.07, 6.45) is 1.72. The van der Waals surface area contributed by atoms with Gasteiger partial charge in [0.25, 0.3) is 0 Å². The molecule has 2 heterocycles. The smallest absolute Gasteiger partial charge is 0.174 e. The van der Waals surface area contributed by atoms with Gasteiger partial charge in [-0.25, -0.2) is 4.98 Å². The number of rotatable bonds is 4. The van der Waals surface area contributed by atoms with E-state index >= 15 is 0 Å². The molecule has 3 aromatic rings. The number of benzene rings is 1. The van der Waals surface area contributed by atoms with Crippen LogP contribution in [0.1, 0.15) is 21.7 Å². The summed E-state index contributed by atoms with van der Waals surface area (Å²) in [6, 6.07) is 9.61. The Morgan fingerprint density at radius 3 is 2.71 bits per heavy atom. The first-order chi connectivity index (χ1) is 10.1. The molecule has 2 aromatic heterocycles. The van der Waals surface area contributed by atoms with Gasteiger partial charge in [0.15, 0.2) is 5.78 Å². The summed E-state index contributed by atoms with van der Waals surface area (Å²) in [5.74, 6) is 0.474. The highest BCUT2D eigenvalue weighted by atomic mass is 32.2. The van der Waals surface area contributed by atoms with Crippen molar-refractivity contribution in [3.05, 3.63) is 53.5 Å². The minimum Gasteiger partial charge on any atom is -0.362 e. The van der Waals surface area contributed by atoms with Crippen LogP contribution in [0.15, 0.2) is 41.6 Å². The molecular weight excluding hydrogens is 282 g/mol. The van der Waals surface area contributed by atoms with Crippen LogP contribution in [0.4, 0.5) is 0 Å². The lowest BCUT2D eigenvalue weighted by atomic mass is 10.2. The van der Waals surface area contributed by atoms with E-state index in [4.69, 9.17) is 0 Å². The van der Waals surface area contributed by atoms with Crippen LogP contribution in [0.3, 0.4) is 0 Å². The topological polar surface area (TPSA) is 58.6 Å². The highest BCUT2D eigenvalue weighted by Gasteiger charge is 2.12. The molecule has 0 aliphatic heterocycles. The fourth-order valence-corrected chi connectivity index (χ4v) is 2.97. The van der Waals surface area contributed by atoms with E-state index in [9.17, 15) is 4.79 Å². The van der Waals surface area contributed by atoms with Gasteiger partial charge in [-0.1, -0.05) is 23.9 Å². The van der Waals surface area contributed by atoms with Crippen molar-refractivity contribution in [2.75, 3.05) is 5.75 Å². The predicted octanol–water partition coefficient (Wildman–Crippen LogP) is 3.55. The van der Waals surface area contributed by atoms with E-state index in [0.717, 1.165) is 33.0 Å². The zero-order chi connectivity index (χ0) is 14.8. The molecule has 0 spiro atoms. The number of hydrogen-bond acceptors (Lipinski definition) is 4. The minimum absolute atomic E-state index is 0.108. The highest BCUT2D eigenvalue weighted by molar-refractivity contribution is 7.99. The van der Waals surface area contributed by atoms with Crippen molar-refractivity contribution in [3.8, 4) is 0 Å². The van der Waals surface area contributed by atoms with Gasteiger partial charge in [-0.2, -0.15) is 0 Å². The number of carbonyl (C=O) groups excluding carboxylic acids is 1. The minimum atomic E-state index is 0.108. The number of thioether (sulfide) groups is 1. The summed E-state index contributed by atoms with van der Waals surface area (Å²) >= 11 is 1.42. The largest absolute Gasteiger partial charge is 0.362 e. The van der Waals surface area contributed by atoms with E-state index in [1.807, 2.05) is 44.2 Å². The van der Waals surface area contributed by atoms with Crippen molar-refractivity contribution >= 4 is 28.6 Å². The number of aromatic amines is 1. The van der Waals surface area contributed by atoms with E-state index in [-0.39, 0.29) is 5.78 Å². The van der Waals surface area contributed by atoms with Crippen LogP contribution < -0.4 is 0 Å². The molecule has 1 N–H and O–H groups in total. The molecule has 0 radical (unpaired) electrons. The number of H-pyrrole nitrogens is 1. The SMILES string of the molecule is Cc1cc(C(=O)CSc2cnc3ccccc3n2)c(C)[nH]1. The van der Waals surface area contributed by atoms with Crippen LogP contribution in [0, 0.1) is 13.8 Å². The van der Waals surface area contributed by atoms with Gasteiger partial charge >= 0.3 is 0 Å². The molecule has 0 bridgehead atoms. The van der Waals surface area contributed by atoms with E-state index < -0.39 is 0 Å². The Labute approximate surface area is 127 Å². The molecule has 5 heteroatoms. The predicted molar refractivity (Wildman–Crippen MR) is 84.9 cm³/mol. The lowest BCUT2D eigenvalue weighted by molar-refractivity contribution is 0.102. The number of fused-ring (bicyclic) bond motifs is 1. The Morgan fingerprint density at radius 2 is 2.00 bits per heavy atom. The summed E-state index contributed by atoms with van der Waals surface area (Å²) in [6.45, 7) is 3.87. The molecule has 0 saturated carbocycles. The van der Waals surface area contributed by atoms with Gasteiger partial charge in [-0.05, 0) is 32.0 Å². The first-order valence-corrected chi connectivity index (χ1v) is 7.66. The second-order valence-electron chi connectivity index (χ2n) is 4.90. The number of carbonyl (C=O) groups is 1. The van der Waals surface area contributed by atoms with Crippen molar-refractivity contribution in [3.63, 3.8) is 0 Å². The molecular formula is C16H15N3OS. The Bertz CT molecular complexity index is 810. The average Bonchev–Trinajstić information content (AvgIpc) is 2.83. The summed E-state index contributed by atoms with van der Waals surface area (Å²) in [4.78, 5) is 24.2. The molecule has 1 aromatic carbocycles. The number of ketones is 1. The van der Waals surface area contributed by atoms with E-state index in [0.29, 0.717) is 5.75 Å². The van der Waals surface area contributed by atoms with Crippen molar-refractivity contribution < 1.29 is 4.79 Å². The third-order valence-electron chi connectivity index (χ3n) is 3.23. The number of nitrogens with zero attached hydrogens (tertiary/aromatic N) is 2. The number of hydrogen-bond donors (Lipinski definition) is 1. The highest BCUT2D eigenvalue weighted by Crippen LogP contribution is 2.20. The van der Waals surface area contributed by atoms with Gasteiger partial charge < -0.3 is 4.98 Å². The Hall–Kier alpha value is -2.14. The quantitative estimate of drug-likeness (QED) is 0.591. The van der Waals surface area contributed by atoms with Crippen molar-refractivity contribution in [2.45, 2.75) is 18.9 Å². The van der Waals surface area contributed by atoms with E-state index in [1.165, 1.54) is 11.8 Å². The fourth-order valence-electron chi connectivity index (χ4n) is 2.24. The molecule has 0 aliphatic carbocycles. The van der Waals surface area contributed by atoms with Gasteiger partial charge in [0.05, 0.1) is 23.0 Å². The summed E-state index contributed by atoms with van der Waals surface area (Å²) < 4.78 is 0. The number of Topliss-reactive ketones (excluding diaryl/α,β-unsaturated/α-hetero) is 1. The summed E-state index contributed by atoms with van der Waals surface area (Å²) in [5, 5.41) is 0.770. The van der Waals surface area contributed by atoms with Crippen LogP contribution in [0.2, 0.25) is 0 Å². The molecule has 0 amide bonds. The Balaban J connectivity index is 1.74. The zero-order valence-electron chi connectivity index (χ0n) is 11.9. The first-order valence-electron chi connectivity index (χ1n) is 6.67. The molecule has 4 nitrogen and oxygen atoms in total. The molecule has 0 fully saturated rings. The third-order valence-corrected chi connectivity index (χ3v) is 4.13. The summed E-state index contributed by atoms with van der Waals surface area (Å²) in [7, 11) is 0. The van der Waals surface area contributed by atoms with Gasteiger partial charge in [-0.15, -0.1) is 0 Å². The number of aryl methyl sites for hydroxylation is 2. The maximum Gasteiger partial charge on any atom is 0.174 e. The second kappa shape index (κ2) is 5.69. The number of aromatic nitrogens is 3. The van der Waals surface area contributed by atoms with Crippen molar-refractivity contribution in [1.82, 2.24) is 15.0 Å². The van der Waals surface area contributed by atoms with Gasteiger partial charge in [0.2, 0.25) is 0 Å². The Morgan fingerprint density at radius 1 is 1.24 bits per heavy atom. The zero-order valence-corrected chi connectivity index (χ0v) is 12.7. The first kappa shape index (κ1) is 13.8. The maximum atomic E-state index is 12.2. The van der Waals surface area contributed by atoms with E-state index in [1.54, 1.807) is 6.20 Å². The van der Waals surface area contributed by atoms with Crippen LogP contribution in [-0.4, -0.2) is 26.5 Å². The van der Waals surface area contributed by atoms with Crippen LogP contribution in [-0.2, 0) is 0 Å².